The molecule has 5 heteroatoms. The number of nitrogens with zero attached hydrogens (tertiary/aromatic N) is 2. The molecule has 1 unspecified atom stereocenters. The van der Waals surface area contributed by atoms with Crippen molar-refractivity contribution in [3.8, 4) is 0 Å². The highest BCUT2D eigenvalue weighted by atomic mass is 32.2. The van der Waals surface area contributed by atoms with Crippen LogP contribution in [0.4, 0.5) is 0 Å². The molecule has 3 rings (SSSR count). The molecule has 0 aliphatic carbocycles. The minimum atomic E-state index is 0.484. The first-order valence-electron chi connectivity index (χ1n) is 7.16. The second-order valence-electron chi connectivity index (χ2n) is 5.39. The van der Waals surface area contributed by atoms with Crippen LogP contribution in [0.25, 0.3) is 0 Å². The van der Waals surface area contributed by atoms with Crippen LogP contribution in [0.3, 0.4) is 0 Å². The number of hydrogen-bond acceptors (Lipinski definition) is 4. The van der Waals surface area contributed by atoms with Crippen molar-refractivity contribution in [3.63, 3.8) is 0 Å². The van der Waals surface area contributed by atoms with E-state index in [2.05, 4.69) is 41.9 Å². The number of fused-ring (bicyclic) bond motifs is 1. The summed E-state index contributed by atoms with van der Waals surface area (Å²) in [6.45, 7) is 5.40. The lowest BCUT2D eigenvalue weighted by molar-refractivity contribution is 0.487. The van der Waals surface area contributed by atoms with Gasteiger partial charge in [0.05, 0.1) is 9.90 Å². The van der Waals surface area contributed by atoms with Gasteiger partial charge in [0, 0.05) is 36.6 Å². The van der Waals surface area contributed by atoms with Crippen molar-refractivity contribution in [1.29, 1.82) is 0 Å². The summed E-state index contributed by atoms with van der Waals surface area (Å²) in [5, 5.41) is 11.2. The quantitative estimate of drug-likeness (QED) is 0.933. The fourth-order valence-corrected chi connectivity index (χ4v) is 5.37. The lowest BCUT2D eigenvalue weighted by Gasteiger charge is -2.27. The number of thioether (sulfide) groups is 1. The van der Waals surface area contributed by atoms with Crippen LogP contribution in [0.5, 0.6) is 0 Å². The minimum absolute atomic E-state index is 0.484. The smallest absolute Gasteiger partial charge is 0.0666 e. The third-order valence-corrected chi connectivity index (χ3v) is 6.12. The molecule has 1 aliphatic rings. The van der Waals surface area contributed by atoms with Crippen LogP contribution >= 0.6 is 23.1 Å². The summed E-state index contributed by atoms with van der Waals surface area (Å²) in [6.07, 6.45) is 4.34. The summed E-state index contributed by atoms with van der Waals surface area (Å²) in [6, 6.07) is 2.76. The molecule has 2 aromatic rings. The van der Waals surface area contributed by atoms with Crippen molar-refractivity contribution in [2.24, 2.45) is 7.05 Å². The van der Waals surface area contributed by atoms with Crippen molar-refractivity contribution in [2.75, 3.05) is 0 Å². The van der Waals surface area contributed by atoms with Gasteiger partial charge in [-0.05, 0) is 29.9 Å². The predicted molar refractivity (Wildman–Crippen MR) is 86.4 cm³/mol. The first-order valence-corrected chi connectivity index (χ1v) is 8.92. The van der Waals surface area contributed by atoms with Gasteiger partial charge in [0.2, 0.25) is 0 Å². The second kappa shape index (κ2) is 5.92. The average molecular weight is 307 g/mol. The summed E-state index contributed by atoms with van der Waals surface area (Å²) in [5.41, 5.74) is 4.03. The van der Waals surface area contributed by atoms with Gasteiger partial charge in [0.1, 0.15) is 0 Å². The molecule has 0 saturated carbocycles. The first-order chi connectivity index (χ1) is 9.67. The van der Waals surface area contributed by atoms with E-state index in [1.165, 1.54) is 27.5 Å². The Labute approximate surface area is 128 Å². The summed E-state index contributed by atoms with van der Waals surface area (Å²) in [4.78, 5) is 0. The summed E-state index contributed by atoms with van der Waals surface area (Å²) in [7, 11) is 2.00. The Kier molecular flexibility index (Phi) is 4.19. The van der Waals surface area contributed by atoms with Crippen molar-refractivity contribution in [2.45, 2.75) is 48.7 Å². The van der Waals surface area contributed by atoms with Gasteiger partial charge in [-0.2, -0.15) is 5.10 Å². The fraction of sp³-hybridized carbons (Fsp3) is 0.533. The highest BCUT2D eigenvalue weighted by molar-refractivity contribution is 8.01. The third kappa shape index (κ3) is 2.80. The molecule has 1 N–H and O–H groups in total. The summed E-state index contributed by atoms with van der Waals surface area (Å²) in [5.74, 6) is 0. The zero-order valence-corrected chi connectivity index (χ0v) is 13.9. The number of hydrogen-bond donors (Lipinski definition) is 1. The molecule has 20 heavy (non-hydrogen) atoms. The zero-order chi connectivity index (χ0) is 14.1. The lowest BCUT2D eigenvalue weighted by atomic mass is 10.0. The molecule has 108 valence electrons. The monoisotopic (exact) mass is 307 g/mol. The maximum atomic E-state index is 4.52. The van der Waals surface area contributed by atoms with E-state index in [-0.39, 0.29) is 0 Å². The Morgan fingerprint density at radius 1 is 1.50 bits per heavy atom. The molecule has 3 heterocycles. The highest BCUT2D eigenvalue weighted by Crippen LogP contribution is 2.43. The number of nitrogens with one attached hydrogen (secondary N) is 1. The molecule has 3 nitrogen and oxygen atoms in total. The van der Waals surface area contributed by atoms with E-state index in [4.69, 9.17) is 0 Å². The van der Waals surface area contributed by atoms with Gasteiger partial charge in [-0.1, -0.05) is 13.8 Å². The number of rotatable bonds is 4. The number of aromatic nitrogens is 2. The molecule has 0 amide bonds. The van der Waals surface area contributed by atoms with Crippen LogP contribution in [-0.4, -0.2) is 15.0 Å². The van der Waals surface area contributed by atoms with Crippen LogP contribution < -0.4 is 5.32 Å². The Bertz CT molecular complexity index is 588. The van der Waals surface area contributed by atoms with Gasteiger partial charge in [-0.3, -0.25) is 4.68 Å². The molecule has 0 saturated heterocycles. The van der Waals surface area contributed by atoms with Crippen LogP contribution in [-0.2, 0) is 20.0 Å². The standard InChI is InChI=1S/C15H21N3S2/c1-4-13-11(9-18(3)17-13)8-16-14-7-10(2)20-15-12(14)5-6-19-15/h5-6,9-10,14,16H,4,7-8H2,1-3H3/t10-,14?/m0/s1. The number of aryl methyl sites for hydroxylation is 2. The molecule has 0 aromatic carbocycles. The van der Waals surface area contributed by atoms with Crippen molar-refractivity contribution >= 4 is 23.1 Å². The van der Waals surface area contributed by atoms with E-state index < -0.39 is 0 Å². The van der Waals surface area contributed by atoms with Crippen LogP contribution in [0.2, 0.25) is 0 Å². The molecule has 0 bridgehead atoms. The van der Waals surface area contributed by atoms with Gasteiger partial charge in [0.25, 0.3) is 0 Å². The van der Waals surface area contributed by atoms with Gasteiger partial charge in [-0.25, -0.2) is 0 Å². The first kappa shape index (κ1) is 14.2. The van der Waals surface area contributed by atoms with E-state index in [9.17, 15) is 0 Å². The van der Waals surface area contributed by atoms with Crippen molar-refractivity contribution < 1.29 is 0 Å². The number of thiophene rings is 1. The van der Waals surface area contributed by atoms with Crippen LogP contribution in [0.15, 0.2) is 21.9 Å². The van der Waals surface area contributed by atoms with Gasteiger partial charge >= 0.3 is 0 Å². The van der Waals surface area contributed by atoms with Crippen molar-refractivity contribution in [1.82, 2.24) is 15.1 Å². The normalized spacial score (nSPS) is 21.9. The Balaban J connectivity index is 1.73. The summed E-state index contributed by atoms with van der Waals surface area (Å²) < 4.78 is 3.41. The average Bonchev–Trinajstić information content (AvgIpc) is 3.01. The molecule has 2 aromatic heterocycles. The molecule has 0 radical (unpaired) electrons. The summed E-state index contributed by atoms with van der Waals surface area (Å²) >= 11 is 3.89. The molecule has 0 fully saturated rings. The van der Waals surface area contributed by atoms with Gasteiger partial charge < -0.3 is 5.32 Å². The van der Waals surface area contributed by atoms with E-state index in [0.717, 1.165) is 13.0 Å². The largest absolute Gasteiger partial charge is 0.306 e. The van der Waals surface area contributed by atoms with E-state index in [1.807, 2.05) is 34.8 Å². The third-order valence-electron chi connectivity index (χ3n) is 3.78. The fourth-order valence-electron chi connectivity index (χ4n) is 2.80. The zero-order valence-electron chi connectivity index (χ0n) is 12.2. The van der Waals surface area contributed by atoms with Crippen LogP contribution in [0, 0.1) is 0 Å². The topological polar surface area (TPSA) is 29.9 Å². The molecular formula is C15H21N3S2. The van der Waals surface area contributed by atoms with E-state index >= 15 is 0 Å². The second-order valence-corrected chi connectivity index (χ2v) is 8.01. The molecule has 2 atom stereocenters. The van der Waals surface area contributed by atoms with Crippen molar-refractivity contribution in [3.05, 3.63) is 34.5 Å². The van der Waals surface area contributed by atoms with E-state index in [0.29, 0.717) is 11.3 Å². The predicted octanol–water partition coefficient (Wildman–Crippen LogP) is 3.76. The Hall–Kier alpha value is -0.780. The Morgan fingerprint density at radius 2 is 2.35 bits per heavy atom. The van der Waals surface area contributed by atoms with Gasteiger partial charge in [0.15, 0.2) is 0 Å². The molecule has 1 aliphatic heterocycles. The van der Waals surface area contributed by atoms with E-state index in [1.54, 1.807) is 0 Å². The lowest BCUT2D eigenvalue weighted by Crippen LogP contribution is -2.26. The minimum Gasteiger partial charge on any atom is -0.306 e. The Morgan fingerprint density at radius 3 is 3.15 bits per heavy atom. The van der Waals surface area contributed by atoms with Crippen LogP contribution in [0.1, 0.15) is 43.1 Å². The highest BCUT2D eigenvalue weighted by Gasteiger charge is 2.26. The molecular weight excluding hydrogens is 286 g/mol. The maximum absolute atomic E-state index is 4.52. The maximum Gasteiger partial charge on any atom is 0.0666 e. The SMILES string of the molecule is CCc1nn(C)cc1CNC1C[C@H](C)Sc2sccc21. The molecule has 0 spiro atoms. The van der Waals surface area contributed by atoms with Gasteiger partial charge in [-0.15, -0.1) is 23.1 Å².